The Labute approximate surface area is 56.4 Å². The first-order valence-electron chi connectivity index (χ1n) is 2.80. The third kappa shape index (κ3) is 4.45. The summed E-state index contributed by atoms with van der Waals surface area (Å²) in [4.78, 5) is 0. The molecule has 0 aliphatic rings. The summed E-state index contributed by atoms with van der Waals surface area (Å²) in [6.45, 7) is 0.287. The summed E-state index contributed by atoms with van der Waals surface area (Å²) in [6, 6.07) is 0. The van der Waals surface area contributed by atoms with E-state index in [4.69, 9.17) is 17.7 Å². The van der Waals surface area contributed by atoms with Gasteiger partial charge in [0.1, 0.15) is 0 Å². The highest BCUT2D eigenvalue weighted by molar-refractivity contribution is 6.08. The molecule has 4 heteroatoms. The standard InChI is InChI=1S/C5H11BO3/c1-8-5(4-7)9-3-2-6/h5,7H,2-4H2,1H3/t5-/m0/s1. The molecule has 2 radical (unpaired) electrons. The fourth-order valence-electron chi connectivity index (χ4n) is 0.395. The molecule has 0 amide bonds. The predicted octanol–water partition coefficient (Wildman–Crippen LogP) is -0.445. The number of ether oxygens (including phenoxy) is 2. The van der Waals surface area contributed by atoms with Gasteiger partial charge in [0.05, 0.1) is 14.5 Å². The first kappa shape index (κ1) is 8.94. The van der Waals surface area contributed by atoms with E-state index in [9.17, 15) is 0 Å². The topological polar surface area (TPSA) is 38.7 Å². The molecule has 0 fully saturated rings. The molecule has 0 saturated carbocycles. The van der Waals surface area contributed by atoms with Crippen LogP contribution in [0, 0.1) is 0 Å². The Morgan fingerprint density at radius 1 is 1.67 bits per heavy atom. The summed E-state index contributed by atoms with van der Waals surface area (Å²) in [6.07, 6.45) is -0.0756. The molecule has 0 rings (SSSR count). The fraction of sp³-hybridized carbons (Fsp3) is 1.00. The lowest BCUT2D eigenvalue weighted by Crippen LogP contribution is -2.19. The fourth-order valence-corrected chi connectivity index (χ4v) is 0.395. The van der Waals surface area contributed by atoms with Gasteiger partial charge in [0.25, 0.3) is 0 Å². The van der Waals surface area contributed by atoms with Crippen LogP contribution in [-0.4, -0.2) is 39.6 Å². The van der Waals surface area contributed by atoms with Crippen molar-refractivity contribution in [2.45, 2.75) is 12.6 Å². The van der Waals surface area contributed by atoms with E-state index in [1.807, 2.05) is 0 Å². The van der Waals surface area contributed by atoms with Crippen molar-refractivity contribution in [3.8, 4) is 0 Å². The second kappa shape index (κ2) is 6.07. The third-order valence-corrected chi connectivity index (χ3v) is 0.834. The van der Waals surface area contributed by atoms with Gasteiger partial charge in [-0.25, -0.2) is 0 Å². The van der Waals surface area contributed by atoms with E-state index < -0.39 is 6.29 Å². The summed E-state index contributed by atoms with van der Waals surface area (Å²) >= 11 is 0. The molecule has 0 bridgehead atoms. The zero-order valence-electron chi connectivity index (χ0n) is 5.54. The summed E-state index contributed by atoms with van der Waals surface area (Å²) < 4.78 is 9.57. The molecule has 0 saturated heterocycles. The van der Waals surface area contributed by atoms with Gasteiger partial charge in [0.2, 0.25) is 0 Å². The van der Waals surface area contributed by atoms with Gasteiger partial charge >= 0.3 is 0 Å². The Morgan fingerprint density at radius 3 is 2.67 bits per heavy atom. The normalized spacial score (nSPS) is 13.6. The second-order valence-electron chi connectivity index (χ2n) is 1.51. The van der Waals surface area contributed by atoms with Crippen molar-refractivity contribution in [3.63, 3.8) is 0 Å². The van der Waals surface area contributed by atoms with Crippen LogP contribution in [-0.2, 0) is 9.47 Å². The van der Waals surface area contributed by atoms with Gasteiger partial charge in [0.15, 0.2) is 6.29 Å². The van der Waals surface area contributed by atoms with E-state index in [1.54, 1.807) is 0 Å². The van der Waals surface area contributed by atoms with Crippen molar-refractivity contribution < 1.29 is 14.6 Å². The van der Waals surface area contributed by atoms with Crippen LogP contribution >= 0.6 is 0 Å². The molecule has 1 N–H and O–H groups in total. The largest absolute Gasteiger partial charge is 0.391 e. The number of aliphatic hydroxyl groups is 1. The molecule has 52 valence electrons. The second-order valence-corrected chi connectivity index (χ2v) is 1.51. The van der Waals surface area contributed by atoms with E-state index in [2.05, 4.69) is 4.74 Å². The van der Waals surface area contributed by atoms with E-state index in [0.29, 0.717) is 12.9 Å². The Kier molecular flexibility index (Phi) is 6.03. The first-order chi connectivity index (χ1) is 4.35. The van der Waals surface area contributed by atoms with E-state index in [-0.39, 0.29) is 6.61 Å². The number of methoxy groups -OCH3 is 1. The van der Waals surface area contributed by atoms with Gasteiger partial charge in [-0.15, -0.1) is 0 Å². The van der Waals surface area contributed by atoms with Crippen molar-refractivity contribution >= 4 is 7.85 Å². The van der Waals surface area contributed by atoms with Crippen LogP contribution in [0.3, 0.4) is 0 Å². The Morgan fingerprint density at radius 2 is 2.33 bits per heavy atom. The minimum absolute atomic E-state index is 0.128. The molecule has 3 nitrogen and oxygen atoms in total. The van der Waals surface area contributed by atoms with Crippen LogP contribution < -0.4 is 0 Å². The van der Waals surface area contributed by atoms with E-state index >= 15 is 0 Å². The predicted molar refractivity (Wildman–Crippen MR) is 34.4 cm³/mol. The Balaban J connectivity index is 3.09. The van der Waals surface area contributed by atoms with Crippen LogP contribution in [0.5, 0.6) is 0 Å². The summed E-state index contributed by atoms with van der Waals surface area (Å²) in [5.74, 6) is 0. The van der Waals surface area contributed by atoms with Crippen LogP contribution in [0.2, 0.25) is 6.32 Å². The lowest BCUT2D eigenvalue weighted by Gasteiger charge is -2.11. The van der Waals surface area contributed by atoms with Crippen LogP contribution in [0.15, 0.2) is 0 Å². The first-order valence-corrected chi connectivity index (χ1v) is 2.80. The highest BCUT2D eigenvalue weighted by atomic mass is 16.7. The van der Waals surface area contributed by atoms with Gasteiger partial charge < -0.3 is 14.6 Å². The van der Waals surface area contributed by atoms with Gasteiger partial charge in [0, 0.05) is 13.7 Å². The molecule has 9 heavy (non-hydrogen) atoms. The van der Waals surface area contributed by atoms with Gasteiger partial charge in [-0.05, 0) is 0 Å². The minimum Gasteiger partial charge on any atom is -0.391 e. The van der Waals surface area contributed by atoms with Gasteiger partial charge in [-0.3, -0.25) is 0 Å². The maximum atomic E-state index is 8.46. The summed E-state index contributed by atoms with van der Waals surface area (Å²) in [5.41, 5.74) is 0. The van der Waals surface area contributed by atoms with E-state index in [1.165, 1.54) is 7.11 Å². The van der Waals surface area contributed by atoms with Crippen LogP contribution in [0.1, 0.15) is 0 Å². The quantitative estimate of drug-likeness (QED) is 0.404. The molecular formula is C5H11BO3. The van der Waals surface area contributed by atoms with Crippen molar-refractivity contribution in [1.29, 1.82) is 0 Å². The molecule has 0 aliphatic heterocycles. The summed E-state index contributed by atoms with van der Waals surface area (Å²) in [7, 11) is 6.59. The SMILES string of the molecule is [B]CCO[C@@H](CO)OC. The maximum absolute atomic E-state index is 8.46. The van der Waals surface area contributed by atoms with Crippen molar-refractivity contribution in [2.24, 2.45) is 0 Å². The Hall–Kier alpha value is -0.0551. The molecule has 0 heterocycles. The smallest absolute Gasteiger partial charge is 0.180 e. The molecule has 1 atom stereocenters. The molecule has 0 aliphatic carbocycles. The zero-order chi connectivity index (χ0) is 7.11. The van der Waals surface area contributed by atoms with Crippen molar-refractivity contribution in [1.82, 2.24) is 0 Å². The molecule has 0 aromatic carbocycles. The molecular weight excluding hydrogens is 119 g/mol. The minimum atomic E-state index is -0.520. The molecule has 0 unspecified atom stereocenters. The zero-order valence-corrected chi connectivity index (χ0v) is 5.54. The van der Waals surface area contributed by atoms with E-state index in [0.717, 1.165) is 0 Å². The highest BCUT2D eigenvalue weighted by Crippen LogP contribution is 1.91. The lowest BCUT2D eigenvalue weighted by molar-refractivity contribution is -0.142. The van der Waals surface area contributed by atoms with Crippen LogP contribution in [0.4, 0.5) is 0 Å². The van der Waals surface area contributed by atoms with Gasteiger partial charge in [-0.1, -0.05) is 6.32 Å². The number of hydrogen-bond acceptors (Lipinski definition) is 3. The molecule has 0 aromatic rings. The lowest BCUT2D eigenvalue weighted by atomic mass is 10.1. The number of rotatable bonds is 5. The third-order valence-electron chi connectivity index (χ3n) is 0.834. The average molecular weight is 130 g/mol. The highest BCUT2D eigenvalue weighted by Gasteiger charge is 2.01. The van der Waals surface area contributed by atoms with Crippen molar-refractivity contribution in [3.05, 3.63) is 0 Å². The van der Waals surface area contributed by atoms with Crippen molar-refractivity contribution in [2.75, 3.05) is 20.3 Å². The summed E-state index contributed by atoms with van der Waals surface area (Å²) in [5, 5.41) is 8.46. The van der Waals surface area contributed by atoms with Gasteiger partial charge in [-0.2, -0.15) is 0 Å². The van der Waals surface area contributed by atoms with Crippen LogP contribution in [0.25, 0.3) is 0 Å². The number of hydrogen-bond donors (Lipinski definition) is 1. The molecule has 0 spiro atoms. The Bertz CT molecular complexity index is 56.2. The monoisotopic (exact) mass is 130 g/mol. The average Bonchev–Trinajstić information content (AvgIpc) is 1.91. The number of aliphatic hydroxyl groups excluding tert-OH is 1. The maximum Gasteiger partial charge on any atom is 0.180 e. The molecule has 0 aromatic heterocycles.